The van der Waals surface area contributed by atoms with Gasteiger partial charge in [-0.2, -0.15) is 0 Å². The number of benzene rings is 2. The van der Waals surface area contributed by atoms with E-state index in [9.17, 15) is 18.4 Å². The van der Waals surface area contributed by atoms with Crippen LogP contribution in [-0.2, 0) is 16.1 Å². The van der Waals surface area contributed by atoms with Crippen LogP contribution in [0.15, 0.2) is 30.3 Å². The minimum absolute atomic E-state index is 0.0307. The predicted molar refractivity (Wildman–Crippen MR) is 154 cm³/mol. The summed E-state index contributed by atoms with van der Waals surface area (Å²) >= 11 is 11.5. The first-order valence-electron chi connectivity index (χ1n) is 12.5. The zero-order valence-corrected chi connectivity index (χ0v) is 24.7. The van der Waals surface area contributed by atoms with E-state index in [2.05, 4.69) is 43.6 Å². The molecular weight excluding hydrogens is 551 g/mol. The maximum atomic E-state index is 14.0. The van der Waals surface area contributed by atoms with Gasteiger partial charge in [0.15, 0.2) is 0 Å². The first-order valence-corrected chi connectivity index (χ1v) is 13.3. The van der Waals surface area contributed by atoms with Gasteiger partial charge in [0.1, 0.15) is 11.6 Å². The zero-order chi connectivity index (χ0) is 30.0. The average Bonchev–Trinajstić information content (AvgIpc) is 2.86. The van der Waals surface area contributed by atoms with Crippen molar-refractivity contribution in [2.45, 2.75) is 53.5 Å². The normalized spacial score (nSPS) is 11.5. The third kappa shape index (κ3) is 16.4. The second-order valence-electron chi connectivity index (χ2n) is 10.5. The fourth-order valence-corrected chi connectivity index (χ4v) is 3.30. The van der Waals surface area contributed by atoms with Crippen molar-refractivity contribution in [3.63, 3.8) is 0 Å². The van der Waals surface area contributed by atoms with Crippen LogP contribution < -0.4 is 16.0 Å². The van der Waals surface area contributed by atoms with E-state index in [1.807, 2.05) is 6.92 Å². The molecule has 220 valence electrons. The lowest BCUT2D eigenvalue weighted by Crippen LogP contribution is -2.21. The highest BCUT2D eigenvalue weighted by Gasteiger charge is 2.14. The van der Waals surface area contributed by atoms with Crippen molar-refractivity contribution in [1.29, 1.82) is 0 Å². The molecule has 0 aliphatic carbocycles. The smallest absolute Gasteiger partial charge is 0.211 e. The molecule has 0 radical (unpaired) electrons. The van der Waals surface area contributed by atoms with Crippen LogP contribution in [0.1, 0.15) is 58.1 Å². The SMILES string of the molecule is CC(C)(C)C.CC(CNCc1cc(F)c(Cl)cc1NC=O)c1cccc(Cl)c1F.O=CNCCC(CO)CO. The molecule has 2 amide bonds. The molecule has 5 N–H and O–H groups in total. The quantitative estimate of drug-likeness (QED) is 0.156. The van der Waals surface area contributed by atoms with Gasteiger partial charge in [0.25, 0.3) is 0 Å². The molecule has 0 fully saturated rings. The number of aliphatic hydroxyl groups is 2. The van der Waals surface area contributed by atoms with Crippen LogP contribution in [0.25, 0.3) is 0 Å². The number of halogens is 4. The van der Waals surface area contributed by atoms with Gasteiger partial charge in [-0.1, -0.05) is 70.0 Å². The Balaban J connectivity index is 0.000000796. The Labute approximate surface area is 240 Å². The van der Waals surface area contributed by atoms with Crippen LogP contribution in [0.2, 0.25) is 10.0 Å². The molecule has 0 saturated carbocycles. The molecule has 11 heteroatoms. The Bertz CT molecular complexity index is 998. The number of hydrogen-bond acceptors (Lipinski definition) is 5. The summed E-state index contributed by atoms with van der Waals surface area (Å²) in [6, 6.07) is 7.47. The maximum absolute atomic E-state index is 14.0. The van der Waals surface area contributed by atoms with Gasteiger partial charge in [0.2, 0.25) is 12.8 Å². The molecule has 2 aromatic rings. The lowest BCUT2D eigenvalue weighted by Gasteiger charge is -2.16. The van der Waals surface area contributed by atoms with E-state index in [0.717, 1.165) is 0 Å². The van der Waals surface area contributed by atoms with Crippen molar-refractivity contribution in [3.05, 3.63) is 63.1 Å². The molecule has 0 aromatic heterocycles. The molecule has 1 atom stereocenters. The summed E-state index contributed by atoms with van der Waals surface area (Å²) in [7, 11) is 0. The lowest BCUT2D eigenvalue weighted by atomic mass is 10.0. The van der Waals surface area contributed by atoms with Crippen molar-refractivity contribution in [1.82, 2.24) is 10.6 Å². The van der Waals surface area contributed by atoms with Crippen molar-refractivity contribution in [3.8, 4) is 0 Å². The van der Waals surface area contributed by atoms with Gasteiger partial charge in [0.05, 0.1) is 10.0 Å². The molecule has 0 spiro atoms. The van der Waals surface area contributed by atoms with E-state index in [-0.39, 0.29) is 41.6 Å². The molecule has 0 bridgehead atoms. The fourth-order valence-electron chi connectivity index (χ4n) is 2.95. The van der Waals surface area contributed by atoms with Crippen LogP contribution in [-0.4, -0.2) is 49.3 Å². The average molecular weight is 593 g/mol. The van der Waals surface area contributed by atoms with Crippen molar-refractivity contribution < 1.29 is 28.6 Å². The zero-order valence-electron chi connectivity index (χ0n) is 23.2. The van der Waals surface area contributed by atoms with Crippen molar-refractivity contribution in [2.75, 3.05) is 31.6 Å². The highest BCUT2D eigenvalue weighted by Crippen LogP contribution is 2.26. The van der Waals surface area contributed by atoms with Crippen molar-refractivity contribution >= 4 is 41.7 Å². The van der Waals surface area contributed by atoms with Gasteiger partial charge in [-0.25, -0.2) is 8.78 Å². The van der Waals surface area contributed by atoms with Crippen LogP contribution in [0.4, 0.5) is 14.5 Å². The summed E-state index contributed by atoms with van der Waals surface area (Å²) in [5.74, 6) is -1.25. The van der Waals surface area contributed by atoms with Gasteiger partial charge in [-0.3, -0.25) is 9.59 Å². The monoisotopic (exact) mass is 591 g/mol. The molecule has 0 aliphatic rings. The molecule has 7 nitrogen and oxygen atoms in total. The number of amides is 2. The van der Waals surface area contributed by atoms with E-state index < -0.39 is 11.6 Å². The Morgan fingerprint density at radius 3 is 2.15 bits per heavy atom. The number of carbonyl (C=O) groups is 2. The molecule has 2 rings (SSSR count). The number of nitrogens with one attached hydrogen (secondary N) is 3. The second kappa shape index (κ2) is 19.7. The number of aliphatic hydroxyl groups excluding tert-OH is 2. The third-order valence-electron chi connectivity index (χ3n) is 4.94. The van der Waals surface area contributed by atoms with Gasteiger partial charge < -0.3 is 26.2 Å². The molecule has 0 saturated heterocycles. The van der Waals surface area contributed by atoms with Crippen LogP contribution in [0.5, 0.6) is 0 Å². The van der Waals surface area contributed by atoms with E-state index in [4.69, 9.17) is 33.4 Å². The van der Waals surface area contributed by atoms with Gasteiger partial charge >= 0.3 is 0 Å². The topological polar surface area (TPSA) is 111 Å². The summed E-state index contributed by atoms with van der Waals surface area (Å²) in [5.41, 5.74) is 1.97. The number of hydrogen-bond donors (Lipinski definition) is 5. The number of anilines is 1. The molecule has 0 heterocycles. The number of carbonyl (C=O) groups excluding carboxylic acids is 2. The van der Waals surface area contributed by atoms with Crippen LogP contribution in [0, 0.1) is 23.0 Å². The predicted octanol–water partition coefficient (Wildman–Crippen LogP) is 5.51. The Morgan fingerprint density at radius 2 is 1.62 bits per heavy atom. The first kappa shape index (κ1) is 36.7. The minimum atomic E-state index is -0.571. The molecule has 2 aromatic carbocycles. The largest absolute Gasteiger partial charge is 0.396 e. The highest BCUT2D eigenvalue weighted by molar-refractivity contribution is 6.31. The van der Waals surface area contributed by atoms with Crippen molar-refractivity contribution in [2.24, 2.45) is 11.3 Å². The van der Waals surface area contributed by atoms with E-state index in [0.29, 0.717) is 54.6 Å². The molecular formula is C28H41Cl2F2N3O4. The summed E-state index contributed by atoms with van der Waals surface area (Å²) in [6.07, 6.45) is 1.72. The van der Waals surface area contributed by atoms with E-state index in [1.165, 1.54) is 18.2 Å². The van der Waals surface area contributed by atoms with Crippen LogP contribution in [0.3, 0.4) is 0 Å². The summed E-state index contributed by atoms with van der Waals surface area (Å²) in [4.78, 5) is 20.4. The Kier molecular flexibility index (Phi) is 18.5. The summed E-state index contributed by atoms with van der Waals surface area (Å²) in [6.45, 7) is 11.8. The van der Waals surface area contributed by atoms with Crippen LogP contribution >= 0.6 is 23.2 Å². The van der Waals surface area contributed by atoms with Gasteiger partial charge in [-0.05, 0) is 47.1 Å². The fraction of sp³-hybridized carbons (Fsp3) is 0.500. The van der Waals surface area contributed by atoms with E-state index in [1.54, 1.807) is 12.1 Å². The molecule has 39 heavy (non-hydrogen) atoms. The molecule has 1 unspecified atom stereocenters. The highest BCUT2D eigenvalue weighted by atomic mass is 35.5. The minimum Gasteiger partial charge on any atom is -0.396 e. The van der Waals surface area contributed by atoms with Gasteiger partial charge in [-0.15, -0.1) is 0 Å². The van der Waals surface area contributed by atoms with Gasteiger partial charge in [0, 0.05) is 44.5 Å². The summed E-state index contributed by atoms with van der Waals surface area (Å²) in [5, 5.41) is 25.1. The third-order valence-corrected chi connectivity index (χ3v) is 5.52. The lowest BCUT2D eigenvalue weighted by molar-refractivity contribution is -0.109. The Morgan fingerprint density at radius 1 is 1.00 bits per heavy atom. The number of rotatable bonds is 13. The maximum Gasteiger partial charge on any atom is 0.211 e. The second-order valence-corrected chi connectivity index (χ2v) is 11.3. The molecule has 0 aliphatic heterocycles. The Hall–Kier alpha value is -2.30. The van der Waals surface area contributed by atoms with E-state index >= 15 is 0 Å². The standard InChI is InChI=1S/C17H16Cl2F2N2O.C6H13NO3.C5H12/c1-10(12-3-2-4-13(18)17(12)21)7-22-8-11-5-15(20)14(19)6-16(11)23-9-24;8-3-6(4-9)1-2-7-5-10;1-5(2,3)4/h2-6,9-10,22H,7-8H2,1H3,(H,23,24);5-6,8-9H,1-4H2,(H,7,10);1-4H3. The first-order chi connectivity index (χ1) is 18.3. The summed E-state index contributed by atoms with van der Waals surface area (Å²) < 4.78 is 27.6.